The van der Waals surface area contributed by atoms with E-state index in [1.54, 1.807) is 11.3 Å². The van der Waals surface area contributed by atoms with Gasteiger partial charge in [-0.3, -0.25) is 0 Å². The molecular formula is C10H17N3S. The number of aromatic nitrogens is 1. The van der Waals surface area contributed by atoms with Crippen LogP contribution in [0.3, 0.4) is 0 Å². The van der Waals surface area contributed by atoms with Gasteiger partial charge in [0.15, 0.2) is 0 Å². The molecule has 3 nitrogen and oxygen atoms in total. The van der Waals surface area contributed by atoms with Crippen LogP contribution in [0.15, 0.2) is 5.38 Å². The molecule has 0 amide bonds. The molecule has 14 heavy (non-hydrogen) atoms. The lowest BCUT2D eigenvalue weighted by molar-refractivity contribution is 0.413. The molecule has 0 spiro atoms. The molecule has 2 N–H and O–H groups in total. The summed E-state index contributed by atoms with van der Waals surface area (Å²) in [6.45, 7) is 1.06. The van der Waals surface area contributed by atoms with Crippen LogP contribution in [0.4, 0.5) is 0 Å². The van der Waals surface area contributed by atoms with Crippen LogP contribution in [0.25, 0.3) is 0 Å². The lowest BCUT2D eigenvalue weighted by Gasteiger charge is -2.06. The van der Waals surface area contributed by atoms with E-state index in [0.29, 0.717) is 0 Å². The van der Waals surface area contributed by atoms with E-state index in [1.807, 2.05) is 0 Å². The standard InChI is InChI=1S/C10H17N3S/c1-13(2)6-3-9-12-8(7-14-9)10(11)4-5-10/h7H,3-6,11H2,1-2H3. The van der Waals surface area contributed by atoms with E-state index in [2.05, 4.69) is 29.4 Å². The van der Waals surface area contributed by atoms with Gasteiger partial charge in [0.2, 0.25) is 0 Å². The van der Waals surface area contributed by atoms with Crippen LogP contribution >= 0.6 is 11.3 Å². The van der Waals surface area contributed by atoms with Crippen LogP contribution in [0.5, 0.6) is 0 Å². The maximum Gasteiger partial charge on any atom is 0.0941 e. The van der Waals surface area contributed by atoms with Crippen molar-refractivity contribution in [2.24, 2.45) is 5.73 Å². The molecule has 0 atom stereocenters. The van der Waals surface area contributed by atoms with Crippen LogP contribution in [-0.4, -0.2) is 30.5 Å². The minimum atomic E-state index is -0.0626. The summed E-state index contributed by atoms with van der Waals surface area (Å²) in [7, 11) is 4.17. The molecule has 78 valence electrons. The predicted molar refractivity (Wildman–Crippen MR) is 59.5 cm³/mol. The van der Waals surface area contributed by atoms with E-state index in [4.69, 9.17) is 5.73 Å². The number of hydrogen-bond acceptors (Lipinski definition) is 4. The average molecular weight is 211 g/mol. The number of nitrogens with zero attached hydrogens (tertiary/aromatic N) is 2. The van der Waals surface area contributed by atoms with Crippen molar-refractivity contribution in [3.05, 3.63) is 16.1 Å². The van der Waals surface area contributed by atoms with Gasteiger partial charge in [-0.2, -0.15) is 0 Å². The van der Waals surface area contributed by atoms with Gasteiger partial charge in [0, 0.05) is 18.3 Å². The molecule has 1 aliphatic rings. The molecule has 1 heterocycles. The minimum Gasteiger partial charge on any atom is -0.320 e. The Hall–Kier alpha value is -0.450. The van der Waals surface area contributed by atoms with Gasteiger partial charge in [-0.25, -0.2) is 4.98 Å². The van der Waals surface area contributed by atoms with Crippen molar-refractivity contribution in [2.45, 2.75) is 24.8 Å². The van der Waals surface area contributed by atoms with Crippen LogP contribution in [0.1, 0.15) is 23.5 Å². The molecular weight excluding hydrogens is 194 g/mol. The Kier molecular flexibility index (Phi) is 2.60. The lowest BCUT2D eigenvalue weighted by atomic mass is 10.2. The monoisotopic (exact) mass is 211 g/mol. The Morgan fingerprint density at radius 3 is 2.86 bits per heavy atom. The molecule has 1 saturated carbocycles. The quantitative estimate of drug-likeness (QED) is 0.813. The Labute approximate surface area is 88.9 Å². The highest BCUT2D eigenvalue weighted by Gasteiger charge is 2.42. The van der Waals surface area contributed by atoms with Crippen LogP contribution < -0.4 is 5.73 Å². The van der Waals surface area contributed by atoms with Crippen molar-refractivity contribution in [2.75, 3.05) is 20.6 Å². The minimum absolute atomic E-state index is 0.0626. The Balaban J connectivity index is 1.96. The van der Waals surface area contributed by atoms with Gasteiger partial charge in [0.05, 0.1) is 16.2 Å². The van der Waals surface area contributed by atoms with Gasteiger partial charge in [-0.05, 0) is 26.9 Å². The number of hydrogen-bond donors (Lipinski definition) is 1. The molecule has 1 fully saturated rings. The molecule has 0 saturated heterocycles. The van der Waals surface area contributed by atoms with E-state index in [1.165, 1.54) is 5.01 Å². The molecule has 0 aliphatic heterocycles. The largest absolute Gasteiger partial charge is 0.320 e. The first-order valence-corrected chi connectivity index (χ1v) is 5.87. The third-order valence-corrected chi connectivity index (χ3v) is 3.53. The zero-order chi connectivity index (χ0) is 10.2. The summed E-state index contributed by atoms with van der Waals surface area (Å²) in [6, 6.07) is 0. The smallest absolute Gasteiger partial charge is 0.0941 e. The van der Waals surface area contributed by atoms with Crippen molar-refractivity contribution in [1.29, 1.82) is 0 Å². The van der Waals surface area contributed by atoms with E-state index in [-0.39, 0.29) is 5.54 Å². The number of thiazole rings is 1. The van der Waals surface area contributed by atoms with Crippen LogP contribution in [0.2, 0.25) is 0 Å². The summed E-state index contributed by atoms with van der Waals surface area (Å²) in [6.07, 6.45) is 3.24. The Bertz CT molecular complexity index is 315. The van der Waals surface area contributed by atoms with Crippen molar-refractivity contribution in [3.63, 3.8) is 0 Å². The molecule has 2 rings (SSSR count). The first kappa shape index (κ1) is 10.1. The molecule has 0 aromatic carbocycles. The highest BCUT2D eigenvalue weighted by molar-refractivity contribution is 7.09. The van der Waals surface area contributed by atoms with E-state index >= 15 is 0 Å². The van der Waals surface area contributed by atoms with E-state index in [9.17, 15) is 0 Å². The topological polar surface area (TPSA) is 42.2 Å². The normalized spacial score (nSPS) is 18.9. The fourth-order valence-electron chi connectivity index (χ4n) is 1.36. The molecule has 1 aromatic rings. The third kappa shape index (κ3) is 2.13. The molecule has 0 unspecified atom stereocenters. The molecule has 0 radical (unpaired) electrons. The van der Waals surface area contributed by atoms with Crippen molar-refractivity contribution in [3.8, 4) is 0 Å². The Morgan fingerprint density at radius 1 is 1.57 bits per heavy atom. The van der Waals surface area contributed by atoms with Gasteiger partial charge >= 0.3 is 0 Å². The van der Waals surface area contributed by atoms with Gasteiger partial charge in [0.1, 0.15) is 0 Å². The van der Waals surface area contributed by atoms with Gasteiger partial charge in [-0.1, -0.05) is 0 Å². The van der Waals surface area contributed by atoms with Crippen molar-refractivity contribution in [1.82, 2.24) is 9.88 Å². The molecule has 1 aromatic heterocycles. The van der Waals surface area contributed by atoms with Crippen LogP contribution in [-0.2, 0) is 12.0 Å². The van der Waals surface area contributed by atoms with Crippen molar-refractivity contribution < 1.29 is 0 Å². The Morgan fingerprint density at radius 2 is 2.29 bits per heavy atom. The fraction of sp³-hybridized carbons (Fsp3) is 0.700. The lowest BCUT2D eigenvalue weighted by Crippen LogP contribution is -2.19. The third-order valence-electron chi connectivity index (χ3n) is 2.62. The summed E-state index contributed by atoms with van der Waals surface area (Å²) < 4.78 is 0. The summed E-state index contributed by atoms with van der Waals surface area (Å²) in [5.74, 6) is 0. The highest BCUT2D eigenvalue weighted by Crippen LogP contribution is 2.42. The zero-order valence-electron chi connectivity index (χ0n) is 8.79. The van der Waals surface area contributed by atoms with Gasteiger partial charge < -0.3 is 10.6 Å². The maximum atomic E-state index is 6.07. The summed E-state index contributed by atoms with van der Waals surface area (Å²) in [5, 5.41) is 3.34. The van der Waals surface area contributed by atoms with E-state index in [0.717, 1.165) is 31.5 Å². The second-order valence-corrected chi connectivity index (χ2v) is 5.28. The predicted octanol–water partition coefficient (Wildman–Crippen LogP) is 1.19. The maximum absolute atomic E-state index is 6.07. The highest BCUT2D eigenvalue weighted by atomic mass is 32.1. The first-order valence-electron chi connectivity index (χ1n) is 4.99. The number of likely N-dealkylation sites (N-methyl/N-ethyl adjacent to an activating group) is 1. The van der Waals surface area contributed by atoms with Gasteiger partial charge in [0.25, 0.3) is 0 Å². The van der Waals surface area contributed by atoms with E-state index < -0.39 is 0 Å². The first-order chi connectivity index (χ1) is 6.60. The summed E-state index contributed by atoms with van der Waals surface area (Å²) >= 11 is 1.74. The van der Waals surface area contributed by atoms with Gasteiger partial charge in [-0.15, -0.1) is 11.3 Å². The summed E-state index contributed by atoms with van der Waals surface area (Å²) in [4.78, 5) is 6.76. The average Bonchev–Trinajstić information content (AvgIpc) is 2.70. The SMILES string of the molecule is CN(C)CCc1nc(C2(N)CC2)cs1. The van der Waals surface area contributed by atoms with Crippen molar-refractivity contribution >= 4 is 11.3 Å². The summed E-state index contributed by atoms with van der Waals surface area (Å²) in [5.41, 5.74) is 7.12. The molecule has 4 heteroatoms. The molecule has 0 bridgehead atoms. The number of nitrogens with two attached hydrogens (primary N) is 1. The fourth-order valence-corrected chi connectivity index (χ4v) is 2.26. The zero-order valence-corrected chi connectivity index (χ0v) is 9.60. The van der Waals surface area contributed by atoms with Crippen LogP contribution in [0, 0.1) is 0 Å². The second kappa shape index (κ2) is 3.61. The molecule has 1 aliphatic carbocycles. The number of rotatable bonds is 4. The second-order valence-electron chi connectivity index (χ2n) is 4.34.